The maximum atomic E-state index is 12.5. The smallest absolute Gasteiger partial charge is 0.244 e. The molecule has 3 heterocycles. The lowest BCUT2D eigenvalue weighted by Gasteiger charge is -2.28. The van der Waals surface area contributed by atoms with Gasteiger partial charge in [0.25, 0.3) is 0 Å². The van der Waals surface area contributed by atoms with Crippen LogP contribution >= 0.6 is 0 Å². The molecule has 1 aromatic rings. The van der Waals surface area contributed by atoms with Crippen LogP contribution in [0.2, 0.25) is 0 Å². The lowest BCUT2D eigenvalue weighted by Crippen LogP contribution is -2.39. The fourth-order valence-electron chi connectivity index (χ4n) is 2.63. The number of aromatic nitrogens is 1. The number of rotatable bonds is 3. The molecule has 0 amide bonds. The summed E-state index contributed by atoms with van der Waals surface area (Å²) in [6.07, 6.45) is 1.98. The van der Waals surface area contributed by atoms with Crippen molar-refractivity contribution in [1.29, 1.82) is 0 Å². The van der Waals surface area contributed by atoms with Crippen LogP contribution in [0.1, 0.15) is 12.8 Å². The van der Waals surface area contributed by atoms with Crippen LogP contribution in [-0.4, -0.2) is 62.9 Å². The van der Waals surface area contributed by atoms with Crippen molar-refractivity contribution in [3.8, 4) is 0 Å². The topological polar surface area (TPSA) is 79.8 Å². The largest absolute Gasteiger partial charge is 0.378 e. The molecule has 120 valence electrons. The predicted octanol–water partition coefficient (Wildman–Crippen LogP) is 0.272. The van der Waals surface area contributed by atoms with E-state index in [1.807, 2.05) is 0 Å². The van der Waals surface area contributed by atoms with E-state index in [0.717, 1.165) is 18.9 Å². The van der Waals surface area contributed by atoms with Gasteiger partial charge in [0.05, 0.1) is 13.2 Å². The Labute approximate surface area is 129 Å². The van der Waals surface area contributed by atoms with Gasteiger partial charge in [-0.2, -0.15) is 4.31 Å². The first-order chi connectivity index (χ1) is 10.6. The predicted molar refractivity (Wildman–Crippen MR) is 80.3 cm³/mol. The molecule has 0 aliphatic carbocycles. The normalized spacial score (nSPS) is 21.1. The first kappa shape index (κ1) is 15.4. The fourth-order valence-corrected chi connectivity index (χ4v) is 4.02. The van der Waals surface area contributed by atoms with Crippen molar-refractivity contribution >= 4 is 21.6 Å². The molecular formula is C14H19N3O4S. The van der Waals surface area contributed by atoms with Crippen LogP contribution in [0.25, 0.3) is 0 Å². The number of sulfonamides is 1. The van der Waals surface area contributed by atoms with Gasteiger partial charge in [-0.15, -0.1) is 0 Å². The summed E-state index contributed by atoms with van der Waals surface area (Å²) in [5, 5.41) is 0. The number of carbonyl (C=O) groups is 1. The molecule has 8 heteroatoms. The van der Waals surface area contributed by atoms with Crippen LogP contribution in [0.4, 0.5) is 5.82 Å². The molecule has 1 aromatic heterocycles. The summed E-state index contributed by atoms with van der Waals surface area (Å²) in [4.78, 5) is 17.8. The third-order valence-electron chi connectivity index (χ3n) is 3.97. The average molecular weight is 325 g/mol. The minimum atomic E-state index is -3.56. The highest BCUT2D eigenvalue weighted by molar-refractivity contribution is 7.89. The maximum Gasteiger partial charge on any atom is 0.244 e. The van der Waals surface area contributed by atoms with Crippen molar-refractivity contribution in [2.75, 3.05) is 44.3 Å². The molecule has 0 N–H and O–H groups in total. The molecule has 0 unspecified atom stereocenters. The zero-order valence-corrected chi connectivity index (χ0v) is 13.1. The molecule has 7 nitrogen and oxygen atoms in total. The monoisotopic (exact) mass is 325 g/mol. The Kier molecular flexibility index (Phi) is 4.42. The molecule has 3 rings (SSSR count). The Bertz CT molecular complexity index is 629. The van der Waals surface area contributed by atoms with E-state index in [2.05, 4.69) is 9.88 Å². The molecule has 2 aliphatic heterocycles. The van der Waals surface area contributed by atoms with E-state index in [1.165, 1.54) is 10.5 Å². The highest BCUT2D eigenvalue weighted by atomic mass is 32.2. The summed E-state index contributed by atoms with van der Waals surface area (Å²) in [6, 6.07) is 3.32. The van der Waals surface area contributed by atoms with E-state index in [4.69, 9.17) is 4.74 Å². The van der Waals surface area contributed by atoms with Gasteiger partial charge in [0.2, 0.25) is 10.0 Å². The van der Waals surface area contributed by atoms with Crippen LogP contribution in [0, 0.1) is 0 Å². The molecule has 0 spiro atoms. The van der Waals surface area contributed by atoms with Gasteiger partial charge in [0.1, 0.15) is 16.5 Å². The molecule has 0 saturated carbocycles. The Hall–Kier alpha value is -1.51. The number of piperidine rings is 1. The third-order valence-corrected chi connectivity index (χ3v) is 5.86. The molecule has 2 aliphatic rings. The van der Waals surface area contributed by atoms with Gasteiger partial charge in [-0.1, -0.05) is 0 Å². The number of morpholine rings is 1. The third kappa shape index (κ3) is 3.13. The van der Waals surface area contributed by atoms with Crippen LogP contribution in [0.5, 0.6) is 0 Å². The number of ketones is 1. The molecule has 22 heavy (non-hydrogen) atoms. The van der Waals surface area contributed by atoms with E-state index < -0.39 is 10.0 Å². The molecule has 0 aromatic carbocycles. The van der Waals surface area contributed by atoms with Crippen molar-refractivity contribution in [2.45, 2.75) is 17.7 Å². The standard InChI is InChI=1S/C14H19N3O4S/c18-12-3-5-17(6-4-12)22(19,20)13-1-2-14(15-11-13)16-7-9-21-10-8-16/h1-2,11H,3-10H2. The Balaban J connectivity index is 1.75. The van der Waals surface area contributed by atoms with Gasteiger partial charge in [0.15, 0.2) is 0 Å². The lowest BCUT2D eigenvalue weighted by atomic mass is 10.1. The van der Waals surface area contributed by atoms with Crippen LogP contribution < -0.4 is 4.90 Å². The van der Waals surface area contributed by atoms with Gasteiger partial charge in [-0.05, 0) is 12.1 Å². The van der Waals surface area contributed by atoms with E-state index in [0.29, 0.717) is 26.1 Å². The van der Waals surface area contributed by atoms with Gasteiger partial charge in [-0.25, -0.2) is 13.4 Å². The summed E-state index contributed by atoms with van der Waals surface area (Å²) in [5.41, 5.74) is 0. The summed E-state index contributed by atoms with van der Waals surface area (Å²) in [5.74, 6) is 0.878. The van der Waals surface area contributed by atoms with Crippen LogP contribution in [-0.2, 0) is 19.6 Å². The van der Waals surface area contributed by atoms with Crippen molar-refractivity contribution in [1.82, 2.24) is 9.29 Å². The molecule has 0 atom stereocenters. The number of Topliss-reactive ketones (excluding diaryl/α,β-unsaturated/α-hetero) is 1. The highest BCUT2D eigenvalue weighted by Gasteiger charge is 2.28. The van der Waals surface area contributed by atoms with Gasteiger partial charge >= 0.3 is 0 Å². The zero-order valence-electron chi connectivity index (χ0n) is 12.3. The van der Waals surface area contributed by atoms with Crippen molar-refractivity contribution < 1.29 is 17.9 Å². The Morgan fingerprint density at radius 2 is 1.73 bits per heavy atom. The van der Waals surface area contributed by atoms with E-state index in [-0.39, 0.29) is 23.8 Å². The quantitative estimate of drug-likeness (QED) is 0.794. The number of anilines is 1. The molecule has 0 radical (unpaired) electrons. The second-order valence-electron chi connectivity index (χ2n) is 5.39. The van der Waals surface area contributed by atoms with Gasteiger partial charge in [-0.3, -0.25) is 4.79 Å². The second kappa shape index (κ2) is 6.31. The second-order valence-corrected chi connectivity index (χ2v) is 7.33. The Morgan fingerprint density at radius 1 is 1.05 bits per heavy atom. The first-order valence-electron chi connectivity index (χ1n) is 7.38. The number of ether oxygens (including phenoxy) is 1. The maximum absolute atomic E-state index is 12.5. The molecule has 0 bridgehead atoms. The highest BCUT2D eigenvalue weighted by Crippen LogP contribution is 2.21. The minimum absolute atomic E-state index is 0.118. The van der Waals surface area contributed by atoms with Crippen LogP contribution in [0.3, 0.4) is 0 Å². The SMILES string of the molecule is O=C1CCN(S(=O)(=O)c2ccc(N3CCOCC3)nc2)CC1. The first-order valence-corrected chi connectivity index (χ1v) is 8.82. The van der Waals surface area contributed by atoms with E-state index >= 15 is 0 Å². The minimum Gasteiger partial charge on any atom is -0.378 e. The van der Waals surface area contributed by atoms with Crippen LogP contribution in [0.15, 0.2) is 23.2 Å². The number of hydrogen-bond acceptors (Lipinski definition) is 6. The molecule has 2 saturated heterocycles. The van der Waals surface area contributed by atoms with Crippen molar-refractivity contribution in [2.24, 2.45) is 0 Å². The average Bonchev–Trinajstić information content (AvgIpc) is 2.56. The molecular weight excluding hydrogens is 306 g/mol. The Morgan fingerprint density at radius 3 is 2.32 bits per heavy atom. The lowest BCUT2D eigenvalue weighted by molar-refractivity contribution is -0.120. The van der Waals surface area contributed by atoms with Crippen molar-refractivity contribution in [3.05, 3.63) is 18.3 Å². The number of carbonyl (C=O) groups excluding carboxylic acids is 1. The van der Waals surface area contributed by atoms with E-state index in [1.54, 1.807) is 12.1 Å². The fraction of sp³-hybridized carbons (Fsp3) is 0.571. The number of nitrogens with zero attached hydrogens (tertiary/aromatic N) is 3. The zero-order chi connectivity index (χ0) is 15.6. The summed E-state index contributed by atoms with van der Waals surface area (Å²) in [6.45, 7) is 3.34. The van der Waals surface area contributed by atoms with Gasteiger partial charge < -0.3 is 9.64 Å². The number of hydrogen-bond donors (Lipinski definition) is 0. The molecule has 2 fully saturated rings. The van der Waals surface area contributed by atoms with Gasteiger partial charge in [0, 0.05) is 45.2 Å². The summed E-state index contributed by atoms with van der Waals surface area (Å²) < 4.78 is 31.7. The van der Waals surface area contributed by atoms with Crippen molar-refractivity contribution in [3.63, 3.8) is 0 Å². The number of pyridine rings is 1. The summed E-state index contributed by atoms with van der Waals surface area (Å²) >= 11 is 0. The summed E-state index contributed by atoms with van der Waals surface area (Å²) in [7, 11) is -3.56. The van der Waals surface area contributed by atoms with E-state index in [9.17, 15) is 13.2 Å².